The Morgan fingerprint density at radius 2 is 2.08 bits per heavy atom. The van der Waals surface area contributed by atoms with Crippen LogP contribution in [0.1, 0.15) is 43.7 Å². The van der Waals surface area contributed by atoms with Gasteiger partial charge in [-0.2, -0.15) is 4.31 Å². The van der Waals surface area contributed by atoms with Crippen molar-refractivity contribution in [3.63, 3.8) is 0 Å². The molecule has 1 aliphatic heterocycles. The van der Waals surface area contributed by atoms with Gasteiger partial charge in [-0.05, 0) is 43.5 Å². The number of nitrogens with zero attached hydrogens (tertiary/aromatic N) is 2. The monoisotopic (exact) mass is 350 g/mol. The minimum atomic E-state index is -3.57. The molecule has 0 radical (unpaired) electrons. The van der Waals surface area contributed by atoms with E-state index in [1.165, 1.54) is 4.31 Å². The topological polar surface area (TPSA) is 72.6 Å². The van der Waals surface area contributed by atoms with Crippen LogP contribution in [0.4, 0.5) is 0 Å². The zero-order chi connectivity index (χ0) is 17.2. The van der Waals surface area contributed by atoms with Crippen LogP contribution in [-0.4, -0.2) is 31.5 Å². The van der Waals surface area contributed by atoms with Gasteiger partial charge in [0.1, 0.15) is 17.2 Å². The van der Waals surface area contributed by atoms with E-state index in [1.807, 2.05) is 6.07 Å². The van der Waals surface area contributed by atoms with E-state index in [1.54, 1.807) is 31.4 Å². The van der Waals surface area contributed by atoms with Crippen molar-refractivity contribution < 1.29 is 17.7 Å². The van der Waals surface area contributed by atoms with Gasteiger partial charge in [0, 0.05) is 19.0 Å². The predicted octanol–water partition coefficient (Wildman–Crippen LogP) is 3.16. The first kappa shape index (κ1) is 17.0. The standard InChI is InChI=1S/C17H22N2O4S/c1-3-5-14-12-16(18-23-14)17-6-4-11-19(17)24(20,21)15-9-7-13(22-2)8-10-15/h7-10,12,17H,3-6,11H2,1-2H3. The fourth-order valence-corrected chi connectivity index (χ4v) is 4.73. The van der Waals surface area contributed by atoms with Gasteiger partial charge in [0.05, 0.1) is 18.0 Å². The van der Waals surface area contributed by atoms with E-state index in [9.17, 15) is 8.42 Å². The van der Waals surface area contributed by atoms with Gasteiger partial charge in [-0.25, -0.2) is 8.42 Å². The highest BCUT2D eigenvalue weighted by Gasteiger charge is 2.37. The molecule has 1 atom stereocenters. The number of hydrogen-bond acceptors (Lipinski definition) is 5. The summed E-state index contributed by atoms with van der Waals surface area (Å²) in [7, 11) is -2.01. The summed E-state index contributed by atoms with van der Waals surface area (Å²) >= 11 is 0. The van der Waals surface area contributed by atoms with E-state index in [4.69, 9.17) is 9.26 Å². The molecule has 7 heteroatoms. The molecule has 0 saturated carbocycles. The SMILES string of the molecule is CCCc1cc(C2CCCN2S(=O)(=O)c2ccc(OC)cc2)no1. The van der Waals surface area contributed by atoms with Gasteiger partial charge in [-0.1, -0.05) is 12.1 Å². The minimum Gasteiger partial charge on any atom is -0.497 e. The molecule has 1 aliphatic rings. The van der Waals surface area contributed by atoms with Crippen molar-refractivity contribution in [1.82, 2.24) is 9.46 Å². The summed E-state index contributed by atoms with van der Waals surface area (Å²) < 4.78 is 37.9. The number of aromatic nitrogens is 1. The first-order chi connectivity index (χ1) is 11.6. The van der Waals surface area contributed by atoms with Crippen molar-refractivity contribution in [1.29, 1.82) is 0 Å². The van der Waals surface area contributed by atoms with Crippen molar-refractivity contribution in [3.05, 3.63) is 41.8 Å². The molecule has 0 N–H and O–H groups in total. The molecule has 0 bridgehead atoms. The van der Waals surface area contributed by atoms with Crippen molar-refractivity contribution in [2.75, 3.05) is 13.7 Å². The van der Waals surface area contributed by atoms with Crippen LogP contribution in [0.2, 0.25) is 0 Å². The highest BCUT2D eigenvalue weighted by atomic mass is 32.2. The van der Waals surface area contributed by atoms with Gasteiger partial charge >= 0.3 is 0 Å². The maximum absolute atomic E-state index is 13.0. The predicted molar refractivity (Wildman–Crippen MR) is 89.4 cm³/mol. The number of hydrogen-bond donors (Lipinski definition) is 0. The lowest BCUT2D eigenvalue weighted by Crippen LogP contribution is -2.30. The Morgan fingerprint density at radius 1 is 1.33 bits per heavy atom. The van der Waals surface area contributed by atoms with E-state index in [0.29, 0.717) is 18.0 Å². The summed E-state index contributed by atoms with van der Waals surface area (Å²) in [6.07, 6.45) is 3.35. The van der Waals surface area contributed by atoms with E-state index in [2.05, 4.69) is 12.1 Å². The Bertz CT molecular complexity index is 783. The Balaban J connectivity index is 1.87. The van der Waals surface area contributed by atoms with Gasteiger partial charge in [-0.15, -0.1) is 0 Å². The number of aryl methyl sites for hydroxylation is 1. The fourth-order valence-electron chi connectivity index (χ4n) is 3.06. The van der Waals surface area contributed by atoms with Crippen LogP contribution >= 0.6 is 0 Å². The van der Waals surface area contributed by atoms with Crippen LogP contribution in [0.15, 0.2) is 39.8 Å². The molecule has 0 aliphatic carbocycles. The number of sulfonamides is 1. The molecule has 0 amide bonds. The smallest absolute Gasteiger partial charge is 0.243 e. The second-order valence-electron chi connectivity index (χ2n) is 5.92. The van der Waals surface area contributed by atoms with Crippen LogP contribution in [-0.2, 0) is 16.4 Å². The average Bonchev–Trinajstić information content (AvgIpc) is 3.24. The Labute approximate surface area is 142 Å². The molecule has 1 saturated heterocycles. The Kier molecular flexibility index (Phi) is 4.91. The van der Waals surface area contributed by atoms with Gasteiger partial charge in [0.2, 0.25) is 10.0 Å². The summed E-state index contributed by atoms with van der Waals surface area (Å²) in [4.78, 5) is 0.271. The van der Waals surface area contributed by atoms with Crippen molar-refractivity contribution in [3.8, 4) is 5.75 Å². The number of ether oxygens (including phenoxy) is 1. The molecule has 24 heavy (non-hydrogen) atoms. The third-order valence-electron chi connectivity index (χ3n) is 4.28. The maximum Gasteiger partial charge on any atom is 0.243 e. The summed E-state index contributed by atoms with van der Waals surface area (Å²) in [6, 6.07) is 8.10. The molecular formula is C17H22N2O4S. The van der Waals surface area contributed by atoms with E-state index in [-0.39, 0.29) is 10.9 Å². The minimum absolute atomic E-state index is 0.258. The van der Waals surface area contributed by atoms with Crippen molar-refractivity contribution in [2.45, 2.75) is 43.5 Å². The molecule has 1 aromatic carbocycles. The molecule has 130 valence electrons. The van der Waals surface area contributed by atoms with E-state index < -0.39 is 10.0 Å². The van der Waals surface area contributed by atoms with Crippen LogP contribution in [0.3, 0.4) is 0 Å². The lowest BCUT2D eigenvalue weighted by molar-refractivity contribution is 0.343. The Hall–Kier alpha value is -1.86. The summed E-state index contributed by atoms with van der Waals surface area (Å²) in [5.74, 6) is 1.44. The van der Waals surface area contributed by atoms with Crippen molar-refractivity contribution in [2.24, 2.45) is 0 Å². The van der Waals surface area contributed by atoms with Gasteiger partial charge in [0.25, 0.3) is 0 Å². The molecule has 1 aromatic heterocycles. The van der Waals surface area contributed by atoms with Gasteiger partial charge in [0.15, 0.2) is 0 Å². The fraction of sp³-hybridized carbons (Fsp3) is 0.471. The first-order valence-electron chi connectivity index (χ1n) is 8.17. The molecular weight excluding hydrogens is 328 g/mol. The average molecular weight is 350 g/mol. The van der Waals surface area contributed by atoms with E-state index >= 15 is 0 Å². The lowest BCUT2D eigenvalue weighted by atomic mass is 10.1. The first-order valence-corrected chi connectivity index (χ1v) is 9.61. The molecule has 1 unspecified atom stereocenters. The van der Waals surface area contributed by atoms with Crippen LogP contribution in [0, 0.1) is 0 Å². The second kappa shape index (κ2) is 6.94. The van der Waals surface area contributed by atoms with Crippen LogP contribution < -0.4 is 4.74 Å². The molecule has 1 fully saturated rings. The number of methoxy groups -OCH3 is 1. The van der Waals surface area contributed by atoms with Crippen molar-refractivity contribution >= 4 is 10.0 Å². The Morgan fingerprint density at radius 3 is 2.75 bits per heavy atom. The molecule has 2 heterocycles. The highest BCUT2D eigenvalue weighted by molar-refractivity contribution is 7.89. The lowest BCUT2D eigenvalue weighted by Gasteiger charge is -2.22. The third-order valence-corrected chi connectivity index (χ3v) is 6.21. The van der Waals surface area contributed by atoms with Gasteiger partial charge in [-0.3, -0.25) is 0 Å². The normalized spacial score (nSPS) is 18.8. The van der Waals surface area contributed by atoms with Gasteiger partial charge < -0.3 is 9.26 Å². The largest absolute Gasteiger partial charge is 0.497 e. The van der Waals surface area contributed by atoms with Crippen LogP contribution in [0.25, 0.3) is 0 Å². The summed E-state index contributed by atoms with van der Waals surface area (Å²) in [6.45, 7) is 2.56. The summed E-state index contributed by atoms with van der Waals surface area (Å²) in [5, 5.41) is 4.10. The molecule has 3 rings (SSSR count). The quantitative estimate of drug-likeness (QED) is 0.800. The number of rotatable bonds is 6. The van der Waals surface area contributed by atoms with E-state index in [0.717, 1.165) is 31.4 Å². The number of benzene rings is 1. The summed E-state index contributed by atoms with van der Waals surface area (Å²) in [5.41, 5.74) is 0.702. The second-order valence-corrected chi connectivity index (χ2v) is 7.81. The highest BCUT2D eigenvalue weighted by Crippen LogP contribution is 2.36. The third kappa shape index (κ3) is 3.18. The zero-order valence-corrected chi connectivity index (χ0v) is 14.8. The van der Waals surface area contributed by atoms with Crippen LogP contribution in [0.5, 0.6) is 5.75 Å². The molecule has 6 nitrogen and oxygen atoms in total. The maximum atomic E-state index is 13.0. The molecule has 0 spiro atoms. The zero-order valence-electron chi connectivity index (χ0n) is 13.9. The molecule has 2 aromatic rings.